The summed E-state index contributed by atoms with van der Waals surface area (Å²) in [5.41, 5.74) is 1.36. The largest absolute Gasteiger partial charge is 0.488 e. The van der Waals surface area contributed by atoms with Crippen LogP contribution in [0.2, 0.25) is 0 Å². The molecule has 0 radical (unpaired) electrons. The Labute approximate surface area is 176 Å². The molecule has 0 amide bonds. The SMILES string of the molecule is Cl.Fc1ccc([C@@H]2C[C@H]2NCCC2CCNCC2)c(OCc2cccnc2F)c1. The number of nitrogens with one attached hydrogen (secondary N) is 2. The van der Waals surface area contributed by atoms with E-state index in [0.29, 0.717) is 23.3 Å². The molecular weight excluding hydrogens is 396 g/mol. The number of hydrogen-bond acceptors (Lipinski definition) is 4. The molecule has 1 aliphatic carbocycles. The first kappa shape index (κ1) is 21.9. The fraction of sp³-hybridized carbons (Fsp3) is 0.500. The van der Waals surface area contributed by atoms with Crippen LogP contribution in [0.3, 0.4) is 0 Å². The fourth-order valence-electron chi connectivity index (χ4n) is 4.03. The van der Waals surface area contributed by atoms with Crippen molar-refractivity contribution < 1.29 is 13.5 Å². The number of benzene rings is 1. The van der Waals surface area contributed by atoms with Gasteiger partial charge in [-0.25, -0.2) is 9.37 Å². The van der Waals surface area contributed by atoms with Gasteiger partial charge in [-0.2, -0.15) is 4.39 Å². The van der Waals surface area contributed by atoms with Crippen LogP contribution in [-0.2, 0) is 6.61 Å². The summed E-state index contributed by atoms with van der Waals surface area (Å²) in [6.07, 6.45) is 6.15. The number of hydrogen-bond donors (Lipinski definition) is 2. The van der Waals surface area contributed by atoms with Crippen LogP contribution < -0.4 is 15.4 Å². The highest BCUT2D eigenvalue weighted by atomic mass is 35.5. The second kappa shape index (κ2) is 10.3. The van der Waals surface area contributed by atoms with Crippen molar-refractivity contribution in [3.8, 4) is 5.75 Å². The van der Waals surface area contributed by atoms with Crippen molar-refractivity contribution in [2.75, 3.05) is 19.6 Å². The Kier molecular flexibility index (Phi) is 7.81. The van der Waals surface area contributed by atoms with Gasteiger partial charge in [0.2, 0.25) is 5.95 Å². The minimum Gasteiger partial charge on any atom is -0.488 e. The summed E-state index contributed by atoms with van der Waals surface area (Å²) < 4.78 is 33.3. The Balaban J connectivity index is 0.00000240. The van der Waals surface area contributed by atoms with E-state index in [2.05, 4.69) is 15.6 Å². The monoisotopic (exact) mass is 423 g/mol. The molecule has 158 valence electrons. The first-order chi connectivity index (χ1) is 13.7. The first-order valence-corrected chi connectivity index (χ1v) is 10.2. The summed E-state index contributed by atoms with van der Waals surface area (Å²) in [5.74, 6) is 0.731. The van der Waals surface area contributed by atoms with Crippen LogP contribution in [-0.4, -0.2) is 30.7 Å². The Morgan fingerprint density at radius 1 is 1.17 bits per heavy atom. The third-order valence-electron chi connectivity index (χ3n) is 5.80. The van der Waals surface area contributed by atoms with Crippen molar-refractivity contribution in [3.63, 3.8) is 0 Å². The molecule has 2 aromatic rings. The molecule has 7 heteroatoms. The van der Waals surface area contributed by atoms with Gasteiger partial charge >= 0.3 is 0 Å². The first-order valence-electron chi connectivity index (χ1n) is 10.2. The maximum absolute atomic E-state index is 13.8. The average Bonchev–Trinajstić information content (AvgIpc) is 3.47. The molecule has 4 nitrogen and oxygen atoms in total. The second-order valence-electron chi connectivity index (χ2n) is 7.81. The normalized spacial score (nSPS) is 21.4. The van der Waals surface area contributed by atoms with E-state index in [1.54, 1.807) is 18.2 Å². The Bertz CT molecular complexity index is 801. The van der Waals surface area contributed by atoms with Crippen molar-refractivity contribution in [2.24, 2.45) is 5.92 Å². The van der Waals surface area contributed by atoms with Crippen molar-refractivity contribution in [3.05, 3.63) is 59.4 Å². The van der Waals surface area contributed by atoms with Gasteiger partial charge in [-0.15, -0.1) is 12.4 Å². The maximum atomic E-state index is 13.8. The number of halogens is 3. The van der Waals surface area contributed by atoms with E-state index in [1.807, 2.05) is 0 Å². The molecule has 1 saturated carbocycles. The van der Waals surface area contributed by atoms with Gasteiger partial charge in [0, 0.05) is 29.8 Å². The number of pyridine rings is 1. The molecule has 1 saturated heterocycles. The number of nitrogens with zero attached hydrogens (tertiary/aromatic N) is 1. The quantitative estimate of drug-likeness (QED) is 0.625. The van der Waals surface area contributed by atoms with Gasteiger partial charge < -0.3 is 15.4 Å². The standard InChI is InChI=1S/C22H27F2N3O.ClH/c23-17-3-4-18(21(12-17)28-14-16-2-1-8-27-22(16)24)19-13-20(19)26-11-7-15-5-9-25-10-6-15;/h1-4,8,12,15,19-20,25-26H,5-7,9-11,13-14H2;1H/t19-,20+;/m0./s1. The zero-order valence-electron chi connectivity index (χ0n) is 16.4. The van der Waals surface area contributed by atoms with Crippen LogP contribution in [0.4, 0.5) is 8.78 Å². The number of rotatable bonds is 8. The van der Waals surface area contributed by atoms with E-state index in [4.69, 9.17) is 4.74 Å². The molecule has 29 heavy (non-hydrogen) atoms. The lowest BCUT2D eigenvalue weighted by atomic mass is 9.95. The predicted octanol–water partition coefficient (Wildman–Crippen LogP) is 4.20. The molecule has 2 N–H and O–H groups in total. The summed E-state index contributed by atoms with van der Waals surface area (Å²) in [7, 11) is 0. The summed E-state index contributed by atoms with van der Waals surface area (Å²) >= 11 is 0. The predicted molar refractivity (Wildman–Crippen MR) is 112 cm³/mol. The van der Waals surface area contributed by atoms with E-state index in [9.17, 15) is 8.78 Å². The minimum atomic E-state index is -0.552. The lowest BCUT2D eigenvalue weighted by Gasteiger charge is -2.22. The molecule has 0 unspecified atom stereocenters. The lowest BCUT2D eigenvalue weighted by Crippen LogP contribution is -2.30. The molecule has 2 atom stereocenters. The minimum absolute atomic E-state index is 0. The molecule has 2 fully saturated rings. The third kappa shape index (κ3) is 5.87. The Hall–Kier alpha value is -1.76. The average molecular weight is 424 g/mol. The zero-order valence-corrected chi connectivity index (χ0v) is 17.2. The van der Waals surface area contributed by atoms with E-state index < -0.39 is 5.95 Å². The van der Waals surface area contributed by atoms with E-state index in [-0.39, 0.29) is 24.8 Å². The molecule has 0 bridgehead atoms. The van der Waals surface area contributed by atoms with Crippen LogP contribution in [0, 0.1) is 17.7 Å². The summed E-state index contributed by atoms with van der Waals surface area (Å²) in [6, 6.07) is 8.36. The highest BCUT2D eigenvalue weighted by molar-refractivity contribution is 5.85. The second-order valence-corrected chi connectivity index (χ2v) is 7.81. The number of piperidine rings is 1. The van der Waals surface area contributed by atoms with Crippen LogP contribution in [0.15, 0.2) is 36.5 Å². The van der Waals surface area contributed by atoms with Gasteiger partial charge in [-0.1, -0.05) is 6.07 Å². The summed E-state index contributed by atoms with van der Waals surface area (Å²) in [4.78, 5) is 3.63. The lowest BCUT2D eigenvalue weighted by molar-refractivity contribution is 0.293. The highest BCUT2D eigenvalue weighted by Crippen LogP contribution is 2.45. The zero-order chi connectivity index (χ0) is 19.3. The van der Waals surface area contributed by atoms with Gasteiger partial charge in [0.1, 0.15) is 18.2 Å². The van der Waals surface area contributed by atoms with Gasteiger partial charge in [-0.3, -0.25) is 0 Å². The van der Waals surface area contributed by atoms with Crippen molar-refractivity contribution in [1.29, 1.82) is 0 Å². The number of ether oxygens (including phenoxy) is 1. The molecule has 1 aromatic carbocycles. The Morgan fingerprint density at radius 3 is 2.79 bits per heavy atom. The molecule has 0 spiro atoms. The van der Waals surface area contributed by atoms with Crippen LogP contribution in [0.25, 0.3) is 0 Å². The topological polar surface area (TPSA) is 46.2 Å². The van der Waals surface area contributed by atoms with Crippen molar-refractivity contribution in [2.45, 2.75) is 44.2 Å². The molecule has 1 aliphatic heterocycles. The van der Waals surface area contributed by atoms with E-state index in [0.717, 1.165) is 37.5 Å². The van der Waals surface area contributed by atoms with Crippen molar-refractivity contribution >= 4 is 12.4 Å². The van der Waals surface area contributed by atoms with Gasteiger partial charge in [0.05, 0.1) is 0 Å². The fourth-order valence-corrected chi connectivity index (χ4v) is 4.03. The summed E-state index contributed by atoms with van der Waals surface area (Å²) in [5, 5.41) is 7.04. The number of aromatic nitrogens is 1. The van der Waals surface area contributed by atoms with Crippen LogP contribution >= 0.6 is 12.4 Å². The smallest absolute Gasteiger partial charge is 0.219 e. The van der Waals surface area contributed by atoms with Crippen LogP contribution in [0.5, 0.6) is 5.75 Å². The van der Waals surface area contributed by atoms with Gasteiger partial charge in [0.25, 0.3) is 0 Å². The van der Waals surface area contributed by atoms with Crippen LogP contribution in [0.1, 0.15) is 42.7 Å². The molecule has 4 rings (SSSR count). The summed E-state index contributed by atoms with van der Waals surface area (Å²) in [6.45, 7) is 3.32. The third-order valence-corrected chi connectivity index (χ3v) is 5.80. The molecule has 2 aliphatic rings. The van der Waals surface area contributed by atoms with E-state index >= 15 is 0 Å². The molecular formula is C22H28ClF2N3O. The molecule has 2 heterocycles. The van der Waals surface area contributed by atoms with E-state index in [1.165, 1.54) is 37.6 Å². The maximum Gasteiger partial charge on any atom is 0.219 e. The van der Waals surface area contributed by atoms with Gasteiger partial charge in [-0.05, 0) is 75.0 Å². The van der Waals surface area contributed by atoms with Crippen molar-refractivity contribution in [1.82, 2.24) is 15.6 Å². The Morgan fingerprint density at radius 2 is 2.00 bits per heavy atom. The van der Waals surface area contributed by atoms with Gasteiger partial charge in [0.15, 0.2) is 0 Å². The highest BCUT2D eigenvalue weighted by Gasteiger charge is 2.39. The molecule has 1 aromatic heterocycles.